The van der Waals surface area contributed by atoms with E-state index >= 15 is 0 Å². The predicted molar refractivity (Wildman–Crippen MR) is 113 cm³/mol. The van der Waals surface area contributed by atoms with Gasteiger partial charge in [-0.15, -0.1) is 0 Å². The van der Waals surface area contributed by atoms with Gasteiger partial charge in [-0.3, -0.25) is 4.79 Å². The molecule has 0 saturated carbocycles. The number of nitrogens with two attached hydrogens (primary N) is 1. The van der Waals surface area contributed by atoms with E-state index in [-0.39, 0.29) is 10.8 Å². The monoisotopic (exact) mass is 433 g/mol. The highest BCUT2D eigenvalue weighted by atomic mass is 32.2. The van der Waals surface area contributed by atoms with Gasteiger partial charge in [0.05, 0.1) is 21.7 Å². The Morgan fingerprint density at radius 2 is 1.97 bits per heavy atom. The molecule has 3 aromatic rings. The number of nitrogens with zero attached hydrogens (tertiary/aromatic N) is 2. The Bertz CT molecular complexity index is 1170. The number of carbonyl (C=O) groups is 1. The minimum Gasteiger partial charge on any atom is -0.380 e. The largest absolute Gasteiger partial charge is 0.380 e. The molecule has 0 aliphatic rings. The lowest BCUT2D eigenvalue weighted by molar-refractivity contribution is -0.118. The molecular formula is C20H23N3O4S2. The van der Waals surface area contributed by atoms with E-state index in [1.165, 1.54) is 23.5 Å². The highest BCUT2D eigenvalue weighted by Crippen LogP contribution is 2.21. The first kappa shape index (κ1) is 21.4. The summed E-state index contributed by atoms with van der Waals surface area (Å²) in [5, 5.41) is 5.24. The second kappa shape index (κ2) is 9.45. The summed E-state index contributed by atoms with van der Waals surface area (Å²) in [5.74, 6) is -0.225. The van der Waals surface area contributed by atoms with Crippen molar-refractivity contribution in [3.8, 4) is 0 Å². The fourth-order valence-corrected chi connectivity index (χ4v) is 4.62. The number of amides is 1. The molecule has 2 aromatic carbocycles. The van der Waals surface area contributed by atoms with Crippen molar-refractivity contribution >= 4 is 37.5 Å². The third-order valence-electron chi connectivity index (χ3n) is 4.34. The van der Waals surface area contributed by atoms with Crippen molar-refractivity contribution in [3.63, 3.8) is 0 Å². The predicted octanol–water partition coefficient (Wildman–Crippen LogP) is 2.45. The molecule has 0 bridgehead atoms. The Kier molecular flexibility index (Phi) is 6.96. The molecule has 1 amide bonds. The number of ether oxygens (including phenoxy) is 1. The summed E-state index contributed by atoms with van der Waals surface area (Å²) in [6.07, 6.45) is 0.911. The zero-order valence-electron chi connectivity index (χ0n) is 16.1. The summed E-state index contributed by atoms with van der Waals surface area (Å²) in [7, 11) is -3.81. The smallest absolute Gasteiger partial charge is 0.248 e. The first-order valence-electron chi connectivity index (χ1n) is 9.24. The van der Waals surface area contributed by atoms with Crippen LogP contribution in [0.3, 0.4) is 0 Å². The van der Waals surface area contributed by atoms with Crippen LogP contribution in [0.4, 0.5) is 0 Å². The van der Waals surface area contributed by atoms with Crippen molar-refractivity contribution in [2.24, 2.45) is 10.1 Å². The van der Waals surface area contributed by atoms with Crippen LogP contribution in [0.15, 0.2) is 58.4 Å². The van der Waals surface area contributed by atoms with Gasteiger partial charge in [0, 0.05) is 19.6 Å². The molecule has 0 atom stereocenters. The van der Waals surface area contributed by atoms with E-state index in [2.05, 4.69) is 4.99 Å². The molecule has 1 heterocycles. The van der Waals surface area contributed by atoms with Gasteiger partial charge in [-0.1, -0.05) is 41.7 Å². The molecule has 29 heavy (non-hydrogen) atoms. The summed E-state index contributed by atoms with van der Waals surface area (Å²) >= 11 is 1.26. The first-order chi connectivity index (χ1) is 13.9. The van der Waals surface area contributed by atoms with Crippen LogP contribution in [0.5, 0.6) is 0 Å². The Morgan fingerprint density at radius 1 is 1.21 bits per heavy atom. The number of fused-ring (bicyclic) bond motifs is 1. The average molecular weight is 434 g/mol. The topological polar surface area (TPSA) is 104 Å². The van der Waals surface area contributed by atoms with Crippen molar-refractivity contribution in [3.05, 3.63) is 58.9 Å². The summed E-state index contributed by atoms with van der Waals surface area (Å²) in [5.41, 5.74) is 1.87. The van der Waals surface area contributed by atoms with Gasteiger partial charge >= 0.3 is 0 Å². The average Bonchev–Trinajstić information content (AvgIpc) is 3.03. The lowest BCUT2D eigenvalue weighted by atomic mass is 10.1. The number of aryl methyl sites for hydroxylation is 1. The van der Waals surface area contributed by atoms with Gasteiger partial charge in [0.1, 0.15) is 0 Å². The molecule has 0 saturated heterocycles. The van der Waals surface area contributed by atoms with E-state index in [1.807, 2.05) is 41.8 Å². The Labute approximate surface area is 173 Å². The number of benzene rings is 2. The highest BCUT2D eigenvalue weighted by Gasteiger charge is 2.13. The first-order valence-corrected chi connectivity index (χ1v) is 11.6. The number of carbonyl (C=O) groups excluding carboxylic acids is 1. The SMILES string of the molecule is CCOCCn1c(=NC(=O)CCc2ccccc2)sc2cc(S(N)(=O)=O)ccc21. The standard InChI is InChI=1S/C20H23N3O4S2/c1-2-27-13-12-23-17-10-9-16(29(21,25)26)14-18(17)28-20(23)22-19(24)11-8-15-6-4-3-5-7-15/h3-7,9-10,14H,2,8,11-13H2,1H3,(H2,21,25,26). The third kappa shape index (κ3) is 5.60. The molecule has 3 rings (SSSR count). The third-order valence-corrected chi connectivity index (χ3v) is 6.29. The van der Waals surface area contributed by atoms with Crippen LogP contribution in [-0.2, 0) is 32.5 Å². The molecule has 7 nitrogen and oxygen atoms in total. The van der Waals surface area contributed by atoms with Gasteiger partial charge in [0.2, 0.25) is 15.9 Å². The Morgan fingerprint density at radius 3 is 2.66 bits per heavy atom. The zero-order valence-corrected chi connectivity index (χ0v) is 17.7. The van der Waals surface area contributed by atoms with E-state index < -0.39 is 10.0 Å². The van der Waals surface area contributed by atoms with Crippen molar-refractivity contribution < 1.29 is 17.9 Å². The van der Waals surface area contributed by atoms with Crippen LogP contribution in [0.1, 0.15) is 18.9 Å². The van der Waals surface area contributed by atoms with Crippen LogP contribution in [-0.4, -0.2) is 32.1 Å². The van der Waals surface area contributed by atoms with Crippen LogP contribution in [0, 0.1) is 0 Å². The molecule has 1 aromatic heterocycles. The molecule has 0 radical (unpaired) electrons. The quantitative estimate of drug-likeness (QED) is 0.551. The Hall–Kier alpha value is -2.33. The summed E-state index contributed by atoms with van der Waals surface area (Å²) in [6, 6.07) is 14.4. The van der Waals surface area contributed by atoms with Crippen molar-refractivity contribution in [1.82, 2.24) is 4.57 Å². The number of primary sulfonamides is 1. The molecular weight excluding hydrogens is 410 g/mol. The van der Waals surface area contributed by atoms with Crippen LogP contribution in [0.2, 0.25) is 0 Å². The van der Waals surface area contributed by atoms with Crippen molar-refractivity contribution in [2.45, 2.75) is 31.2 Å². The lowest BCUT2D eigenvalue weighted by Gasteiger charge is -2.06. The normalized spacial score (nSPS) is 12.6. The van der Waals surface area contributed by atoms with E-state index in [9.17, 15) is 13.2 Å². The molecule has 2 N–H and O–H groups in total. The van der Waals surface area contributed by atoms with Gasteiger partial charge in [-0.25, -0.2) is 13.6 Å². The van der Waals surface area contributed by atoms with Crippen molar-refractivity contribution in [1.29, 1.82) is 0 Å². The minimum absolute atomic E-state index is 0.0326. The van der Waals surface area contributed by atoms with Crippen LogP contribution in [0.25, 0.3) is 10.2 Å². The van der Waals surface area contributed by atoms with Gasteiger partial charge < -0.3 is 9.30 Å². The highest BCUT2D eigenvalue weighted by molar-refractivity contribution is 7.89. The second-order valence-electron chi connectivity index (χ2n) is 6.40. The van der Waals surface area contributed by atoms with Gasteiger partial charge in [-0.05, 0) is 37.1 Å². The minimum atomic E-state index is -3.81. The maximum absolute atomic E-state index is 12.5. The Balaban J connectivity index is 1.93. The number of hydrogen-bond donors (Lipinski definition) is 1. The number of sulfonamides is 1. The second-order valence-corrected chi connectivity index (χ2v) is 8.97. The summed E-state index contributed by atoms with van der Waals surface area (Å²) in [6.45, 7) is 3.46. The number of hydrogen-bond acceptors (Lipinski definition) is 5. The number of thiazole rings is 1. The van der Waals surface area contributed by atoms with Crippen LogP contribution < -0.4 is 9.94 Å². The number of aromatic nitrogens is 1. The number of rotatable bonds is 8. The maximum atomic E-state index is 12.5. The molecule has 0 spiro atoms. The summed E-state index contributed by atoms with van der Waals surface area (Å²) < 4.78 is 31.3. The van der Waals surface area contributed by atoms with Gasteiger partial charge in [-0.2, -0.15) is 4.99 Å². The molecule has 9 heteroatoms. The van der Waals surface area contributed by atoms with Gasteiger partial charge in [0.15, 0.2) is 4.80 Å². The van der Waals surface area contributed by atoms with E-state index in [1.54, 1.807) is 6.07 Å². The van der Waals surface area contributed by atoms with E-state index in [4.69, 9.17) is 9.88 Å². The molecule has 0 fully saturated rings. The molecule has 0 unspecified atom stereocenters. The molecule has 154 valence electrons. The fraction of sp³-hybridized carbons (Fsp3) is 0.300. The van der Waals surface area contributed by atoms with Crippen LogP contribution >= 0.6 is 11.3 Å². The lowest BCUT2D eigenvalue weighted by Crippen LogP contribution is -2.20. The van der Waals surface area contributed by atoms with Crippen molar-refractivity contribution in [2.75, 3.05) is 13.2 Å². The summed E-state index contributed by atoms with van der Waals surface area (Å²) in [4.78, 5) is 17.3. The van der Waals surface area contributed by atoms with E-state index in [0.717, 1.165) is 11.1 Å². The molecule has 0 aliphatic heterocycles. The maximum Gasteiger partial charge on any atom is 0.248 e. The zero-order chi connectivity index (χ0) is 20.9. The fourth-order valence-electron chi connectivity index (χ4n) is 2.89. The van der Waals surface area contributed by atoms with Gasteiger partial charge in [0.25, 0.3) is 0 Å². The molecule has 0 aliphatic carbocycles. The van der Waals surface area contributed by atoms with E-state index in [0.29, 0.717) is 42.1 Å².